The van der Waals surface area contributed by atoms with Crippen molar-refractivity contribution in [3.63, 3.8) is 0 Å². The molecule has 0 bridgehead atoms. The van der Waals surface area contributed by atoms with Crippen LogP contribution in [0.1, 0.15) is 0 Å². The van der Waals surface area contributed by atoms with E-state index in [1.165, 1.54) is 109 Å². The first-order chi connectivity index (χ1) is 24.8. The lowest BCUT2D eigenvalue weighted by atomic mass is 9.90. The fourth-order valence-corrected chi connectivity index (χ4v) is 9.19. The predicted octanol–water partition coefficient (Wildman–Crippen LogP) is 13.0. The minimum absolute atomic E-state index is 1.17. The Kier molecular flexibility index (Phi) is 5.00. The fraction of sp³-hybridized carbons (Fsp3) is 0. The molecule has 2 nitrogen and oxygen atoms in total. The summed E-state index contributed by atoms with van der Waals surface area (Å²) in [5.74, 6) is 0. The summed E-state index contributed by atoms with van der Waals surface area (Å²) >= 11 is 0. The topological polar surface area (TPSA) is 9.86 Å². The van der Waals surface area contributed by atoms with Crippen LogP contribution >= 0.6 is 0 Å². The molecule has 0 N–H and O–H groups in total. The van der Waals surface area contributed by atoms with Crippen LogP contribution in [0.3, 0.4) is 0 Å². The molecule has 230 valence electrons. The summed E-state index contributed by atoms with van der Waals surface area (Å²) in [6.45, 7) is 0. The number of benzene rings is 10. The SMILES string of the molecule is c1ccc2c(-n3c4cccc5ccc6cccc3c6c54)c3ccccc3c(-c3ccc(-n4c5cccc6ccc7cccc4c7c65)cc3)c2c1. The van der Waals surface area contributed by atoms with E-state index in [0.717, 1.165) is 0 Å². The molecule has 0 unspecified atom stereocenters. The molecule has 2 heterocycles. The van der Waals surface area contributed by atoms with Crippen molar-refractivity contribution in [1.82, 2.24) is 9.13 Å². The van der Waals surface area contributed by atoms with Gasteiger partial charge in [-0.2, -0.15) is 0 Å². The molecule has 0 saturated carbocycles. The highest BCUT2D eigenvalue weighted by atomic mass is 15.0. The highest BCUT2D eigenvalue weighted by molar-refractivity contribution is 6.27. The van der Waals surface area contributed by atoms with Gasteiger partial charge in [-0.1, -0.05) is 133 Å². The van der Waals surface area contributed by atoms with Gasteiger partial charge in [-0.3, -0.25) is 0 Å². The maximum Gasteiger partial charge on any atom is 0.0619 e. The van der Waals surface area contributed by atoms with Crippen molar-refractivity contribution in [1.29, 1.82) is 0 Å². The average molecular weight is 633 g/mol. The van der Waals surface area contributed by atoms with Crippen LogP contribution in [-0.2, 0) is 0 Å². The van der Waals surface area contributed by atoms with Gasteiger partial charge < -0.3 is 9.13 Å². The van der Waals surface area contributed by atoms with Gasteiger partial charge in [0.15, 0.2) is 0 Å². The number of rotatable bonds is 3. The number of hydrogen-bond acceptors (Lipinski definition) is 0. The Morgan fingerprint density at radius 3 is 1.08 bits per heavy atom. The molecule has 10 aromatic carbocycles. The van der Waals surface area contributed by atoms with E-state index >= 15 is 0 Å². The highest BCUT2D eigenvalue weighted by Gasteiger charge is 2.22. The van der Waals surface area contributed by atoms with Crippen molar-refractivity contribution >= 4 is 86.7 Å². The molecular weight excluding hydrogens is 605 g/mol. The molecule has 0 radical (unpaired) electrons. The third-order valence-electron chi connectivity index (χ3n) is 11.2. The minimum Gasteiger partial charge on any atom is -0.309 e. The second-order valence-corrected chi connectivity index (χ2v) is 13.7. The van der Waals surface area contributed by atoms with E-state index < -0.39 is 0 Å². The van der Waals surface area contributed by atoms with Crippen molar-refractivity contribution in [2.75, 3.05) is 0 Å². The zero-order valence-electron chi connectivity index (χ0n) is 27.1. The third-order valence-corrected chi connectivity index (χ3v) is 11.2. The third kappa shape index (κ3) is 3.28. The van der Waals surface area contributed by atoms with Gasteiger partial charge in [-0.15, -0.1) is 0 Å². The molecule has 0 saturated heterocycles. The summed E-state index contributed by atoms with van der Waals surface area (Å²) < 4.78 is 4.95. The van der Waals surface area contributed by atoms with Crippen LogP contribution in [0.15, 0.2) is 170 Å². The molecule has 0 spiro atoms. The summed E-state index contributed by atoms with van der Waals surface area (Å²) in [5, 5.41) is 15.5. The van der Waals surface area contributed by atoms with Gasteiger partial charge in [0.05, 0.1) is 27.8 Å². The molecule has 0 aliphatic carbocycles. The van der Waals surface area contributed by atoms with Gasteiger partial charge in [0.2, 0.25) is 0 Å². The van der Waals surface area contributed by atoms with Gasteiger partial charge in [0.1, 0.15) is 0 Å². The lowest BCUT2D eigenvalue weighted by Crippen LogP contribution is -1.99. The molecule has 0 aliphatic rings. The van der Waals surface area contributed by atoms with E-state index in [4.69, 9.17) is 0 Å². The van der Waals surface area contributed by atoms with Crippen LogP contribution in [0.2, 0.25) is 0 Å². The van der Waals surface area contributed by atoms with Crippen LogP contribution in [0.25, 0.3) is 109 Å². The molecule has 0 fully saturated rings. The van der Waals surface area contributed by atoms with Crippen molar-refractivity contribution in [2.45, 2.75) is 0 Å². The Labute approximate surface area is 287 Å². The molecule has 12 rings (SSSR count). The number of nitrogens with zero attached hydrogens (tertiary/aromatic N) is 2. The molecule has 2 aromatic heterocycles. The predicted molar refractivity (Wildman–Crippen MR) is 213 cm³/mol. The molecule has 0 amide bonds. The normalized spacial score (nSPS) is 12.4. The van der Waals surface area contributed by atoms with Gasteiger partial charge >= 0.3 is 0 Å². The Bertz CT molecular complexity index is 3110. The second kappa shape index (κ2) is 9.49. The quantitative estimate of drug-likeness (QED) is 0.135. The van der Waals surface area contributed by atoms with Crippen molar-refractivity contribution < 1.29 is 0 Å². The van der Waals surface area contributed by atoms with Gasteiger partial charge in [-0.25, -0.2) is 0 Å². The standard InChI is InChI=1S/C48H28N2/c1-3-15-37-35(13-1)43(33-25-27-34(28-26-33)49-39-17-5-9-29-21-22-30-10-6-18-40(49)45(30)44(29)39)36-14-2-4-16-38(36)48(37)50-41-19-7-11-31-23-24-32-12-8-20-42(50)47(32)46(31)41/h1-28H. The first-order valence-electron chi connectivity index (χ1n) is 17.4. The monoisotopic (exact) mass is 632 g/mol. The molecule has 12 aromatic rings. The largest absolute Gasteiger partial charge is 0.309 e. The van der Waals surface area contributed by atoms with Crippen LogP contribution in [-0.4, -0.2) is 9.13 Å². The Hall–Kier alpha value is -6.64. The van der Waals surface area contributed by atoms with E-state index in [0.29, 0.717) is 0 Å². The van der Waals surface area contributed by atoms with E-state index in [9.17, 15) is 0 Å². The maximum atomic E-state index is 2.52. The van der Waals surface area contributed by atoms with Crippen molar-refractivity contribution in [3.8, 4) is 22.5 Å². The molecular formula is C48H28N2. The van der Waals surface area contributed by atoms with E-state index in [1.54, 1.807) is 0 Å². The van der Waals surface area contributed by atoms with Gasteiger partial charge in [0.25, 0.3) is 0 Å². The maximum absolute atomic E-state index is 2.52. The Morgan fingerprint density at radius 2 is 0.660 bits per heavy atom. The van der Waals surface area contributed by atoms with Crippen LogP contribution in [0.5, 0.6) is 0 Å². The molecule has 50 heavy (non-hydrogen) atoms. The number of aromatic nitrogens is 2. The van der Waals surface area contributed by atoms with E-state index in [2.05, 4.69) is 179 Å². The van der Waals surface area contributed by atoms with Crippen LogP contribution in [0.4, 0.5) is 0 Å². The summed E-state index contributed by atoms with van der Waals surface area (Å²) in [6, 6.07) is 63.0. The highest BCUT2D eigenvalue weighted by Crippen LogP contribution is 2.46. The molecule has 2 heteroatoms. The second-order valence-electron chi connectivity index (χ2n) is 13.7. The lowest BCUT2D eigenvalue weighted by molar-refractivity contribution is 1.18. The zero-order valence-corrected chi connectivity index (χ0v) is 27.1. The van der Waals surface area contributed by atoms with Crippen molar-refractivity contribution in [3.05, 3.63) is 170 Å². The minimum atomic E-state index is 1.17. The Morgan fingerprint density at radius 1 is 0.280 bits per heavy atom. The van der Waals surface area contributed by atoms with Crippen LogP contribution in [0, 0.1) is 0 Å². The zero-order chi connectivity index (χ0) is 32.5. The Balaban J connectivity index is 1.13. The van der Waals surface area contributed by atoms with Gasteiger partial charge in [0, 0.05) is 38.0 Å². The summed E-state index contributed by atoms with van der Waals surface area (Å²) in [5.41, 5.74) is 9.90. The lowest BCUT2D eigenvalue weighted by Gasteiger charge is -2.20. The van der Waals surface area contributed by atoms with Crippen molar-refractivity contribution in [2.24, 2.45) is 0 Å². The van der Waals surface area contributed by atoms with E-state index in [1.807, 2.05) is 0 Å². The van der Waals surface area contributed by atoms with E-state index in [-0.39, 0.29) is 0 Å². The molecule has 0 aliphatic heterocycles. The fourth-order valence-electron chi connectivity index (χ4n) is 9.19. The summed E-state index contributed by atoms with van der Waals surface area (Å²) in [4.78, 5) is 0. The number of hydrogen-bond donors (Lipinski definition) is 0. The summed E-state index contributed by atoms with van der Waals surface area (Å²) in [6.07, 6.45) is 0. The smallest absolute Gasteiger partial charge is 0.0619 e. The average Bonchev–Trinajstić information content (AvgIpc) is 3.70. The first-order valence-corrected chi connectivity index (χ1v) is 17.4. The molecule has 0 atom stereocenters. The first kappa shape index (κ1) is 26.3. The number of fused-ring (bicyclic) bond motifs is 2. The summed E-state index contributed by atoms with van der Waals surface area (Å²) in [7, 11) is 0. The van der Waals surface area contributed by atoms with Gasteiger partial charge in [-0.05, 0) is 79.8 Å². The van der Waals surface area contributed by atoms with Crippen LogP contribution < -0.4 is 0 Å².